The van der Waals surface area contributed by atoms with Gasteiger partial charge in [0.1, 0.15) is 5.75 Å². The molecule has 322 valence electrons. The van der Waals surface area contributed by atoms with Gasteiger partial charge in [-0.3, -0.25) is 4.79 Å². The highest BCUT2D eigenvalue weighted by Crippen LogP contribution is 2.33. The van der Waals surface area contributed by atoms with E-state index in [4.69, 9.17) is 4.74 Å². The number of thiol groups is 1. The first-order valence-electron chi connectivity index (χ1n) is 21.5. The monoisotopic (exact) mass is 864 g/mol. The van der Waals surface area contributed by atoms with Crippen molar-refractivity contribution in [3.63, 3.8) is 0 Å². The lowest BCUT2D eigenvalue weighted by atomic mass is 10.1. The van der Waals surface area contributed by atoms with Crippen LogP contribution in [0.5, 0.6) is 5.75 Å². The maximum absolute atomic E-state index is 12.3. The van der Waals surface area contributed by atoms with Crippen LogP contribution in [-0.2, 0) is 17.9 Å². The predicted octanol–water partition coefficient (Wildman–Crippen LogP) is 13.2. The van der Waals surface area contributed by atoms with Gasteiger partial charge in [0.2, 0.25) is 5.91 Å². The molecule has 4 N–H and O–H groups in total. The number of fused-ring (bicyclic) bond motifs is 8. The zero-order chi connectivity index (χ0) is 44.6. The second kappa shape index (κ2) is 19.7. The molecular weight excluding hydrogens is 813 g/mol. The van der Waals surface area contributed by atoms with Crippen molar-refractivity contribution in [2.75, 3.05) is 28.4 Å². The Kier molecular flexibility index (Phi) is 13.3. The number of nitrogens with one attached hydrogen (secondary N) is 4. The summed E-state index contributed by atoms with van der Waals surface area (Å²) in [7, 11) is 0. The summed E-state index contributed by atoms with van der Waals surface area (Å²) in [6.45, 7) is 10.2. The highest BCUT2D eigenvalue weighted by molar-refractivity contribution is 7.81. The molecule has 1 aliphatic rings. The summed E-state index contributed by atoms with van der Waals surface area (Å²) < 4.78 is 10.2. The number of amides is 3. The molecule has 10 rings (SSSR count). The summed E-state index contributed by atoms with van der Waals surface area (Å²) in [5.41, 5.74) is 13.4. The summed E-state index contributed by atoms with van der Waals surface area (Å²) in [6, 6.07) is 51.0. The third-order valence-corrected chi connectivity index (χ3v) is 11.6. The van der Waals surface area contributed by atoms with Crippen LogP contribution in [0.4, 0.5) is 27.5 Å². The molecule has 0 radical (unpaired) electrons. The normalized spacial score (nSPS) is 11.3. The number of hydrogen-bond donors (Lipinski definition) is 5. The highest BCUT2D eigenvalue weighted by atomic mass is 32.1. The van der Waals surface area contributed by atoms with Gasteiger partial charge in [0.05, 0.1) is 5.75 Å². The molecule has 0 atom stereocenters. The van der Waals surface area contributed by atoms with Gasteiger partial charge in [-0.1, -0.05) is 103 Å². The Hall–Kier alpha value is -7.43. The number of hydrogen-bond acceptors (Lipinski definition) is 5. The molecule has 3 heterocycles. The summed E-state index contributed by atoms with van der Waals surface area (Å²) in [5, 5.41) is 16.6. The number of ether oxygens (including phenoxy) is 1. The Morgan fingerprint density at radius 2 is 1.08 bits per heavy atom. The number of carbonyl (C=O) groups excluding carboxylic acids is 2. The Bertz CT molecular complexity index is 3120. The zero-order valence-corrected chi connectivity index (χ0v) is 37.4. The van der Waals surface area contributed by atoms with E-state index in [9.17, 15) is 9.59 Å². The van der Waals surface area contributed by atoms with Gasteiger partial charge >= 0.3 is 6.03 Å². The molecule has 10 heteroatoms. The van der Waals surface area contributed by atoms with Crippen LogP contribution >= 0.6 is 12.6 Å². The number of anilines is 4. The van der Waals surface area contributed by atoms with Crippen molar-refractivity contribution in [1.29, 1.82) is 0 Å². The minimum Gasteiger partial charge on any atom is -0.473 e. The molecule has 2 aromatic heterocycles. The van der Waals surface area contributed by atoms with E-state index in [1.165, 1.54) is 60.8 Å². The van der Waals surface area contributed by atoms with Gasteiger partial charge < -0.3 is 35.1 Å². The Labute approximate surface area is 379 Å². The second-order valence-corrected chi connectivity index (χ2v) is 15.8. The molecular formula is C54H52N6O3S. The fourth-order valence-electron chi connectivity index (χ4n) is 8.30. The topological polar surface area (TPSA) is 101 Å². The first kappa shape index (κ1) is 43.2. The van der Waals surface area contributed by atoms with Crippen LogP contribution in [0.1, 0.15) is 36.1 Å². The Balaban J connectivity index is 0.000000139. The minimum atomic E-state index is -0.298. The predicted molar refractivity (Wildman–Crippen MR) is 271 cm³/mol. The summed E-state index contributed by atoms with van der Waals surface area (Å²) in [5.74, 6) is 0.867. The average molecular weight is 865 g/mol. The van der Waals surface area contributed by atoms with Crippen molar-refractivity contribution in [3.05, 3.63) is 174 Å². The fourth-order valence-corrected chi connectivity index (χ4v) is 8.38. The summed E-state index contributed by atoms with van der Waals surface area (Å²) in [6.07, 6.45) is 4.29. The molecule has 0 aliphatic carbocycles. The number of rotatable bonds is 8. The van der Waals surface area contributed by atoms with Crippen LogP contribution in [-0.4, -0.2) is 33.6 Å². The van der Waals surface area contributed by atoms with Crippen LogP contribution < -0.4 is 26.0 Å². The Morgan fingerprint density at radius 3 is 1.61 bits per heavy atom. The van der Waals surface area contributed by atoms with Crippen molar-refractivity contribution in [2.24, 2.45) is 0 Å². The quantitative estimate of drug-likeness (QED) is 0.0776. The smallest absolute Gasteiger partial charge is 0.321 e. The standard InChI is InChI=1S/C24H25N3O2.C16H16N2OS.C14H11N/c1-4-27-21-8-6-5-7-19(21)20-14-18(10-11-22(20)27)26-24(28)25-15-29-23-12-9-16(2)13-17(23)3;1-2-18-14-6-4-3-5-12(14)13-9-11(7-8-15(13)18)17-16(19)10-20;1-3-7-13-11(5-1)9-10-12-6-2-4-8-14(12)15-13/h5-14H,4,15H2,1-3H3,(H2,25,26,28);3-9,20H,2,10H2,1H3,(H,17,19);1-10,15H. The third-order valence-electron chi connectivity index (χ3n) is 11.3. The third kappa shape index (κ3) is 9.47. The van der Waals surface area contributed by atoms with Crippen LogP contribution in [0.15, 0.2) is 152 Å². The molecule has 0 saturated carbocycles. The lowest BCUT2D eigenvalue weighted by molar-refractivity contribution is -0.113. The van der Waals surface area contributed by atoms with E-state index in [-0.39, 0.29) is 24.4 Å². The van der Waals surface area contributed by atoms with E-state index >= 15 is 0 Å². The molecule has 1 aliphatic heterocycles. The van der Waals surface area contributed by atoms with Gasteiger partial charge in [-0.15, -0.1) is 0 Å². The maximum atomic E-state index is 12.3. The lowest BCUT2D eigenvalue weighted by Crippen LogP contribution is -2.32. The zero-order valence-electron chi connectivity index (χ0n) is 36.5. The number of benzene rings is 7. The van der Waals surface area contributed by atoms with E-state index in [0.717, 1.165) is 46.7 Å². The number of nitrogens with zero attached hydrogens (tertiary/aromatic N) is 2. The minimum absolute atomic E-state index is 0.0908. The van der Waals surface area contributed by atoms with Crippen molar-refractivity contribution in [3.8, 4) is 5.75 Å². The molecule has 9 aromatic rings. The second-order valence-electron chi connectivity index (χ2n) is 15.5. The van der Waals surface area contributed by atoms with Gasteiger partial charge in [0, 0.05) is 79.5 Å². The number of aryl methyl sites for hydroxylation is 4. The first-order chi connectivity index (χ1) is 31.2. The van der Waals surface area contributed by atoms with Gasteiger partial charge in [-0.2, -0.15) is 12.6 Å². The maximum Gasteiger partial charge on any atom is 0.321 e. The van der Waals surface area contributed by atoms with Crippen LogP contribution in [0.2, 0.25) is 0 Å². The molecule has 0 spiro atoms. The number of carbonyl (C=O) groups is 2. The molecule has 3 amide bonds. The van der Waals surface area contributed by atoms with Crippen LogP contribution in [0.3, 0.4) is 0 Å². The summed E-state index contributed by atoms with van der Waals surface area (Å²) in [4.78, 5) is 23.7. The van der Waals surface area contributed by atoms with Crippen molar-refractivity contribution in [1.82, 2.24) is 14.5 Å². The van der Waals surface area contributed by atoms with E-state index in [2.05, 4.69) is 160 Å². The molecule has 64 heavy (non-hydrogen) atoms. The number of aromatic nitrogens is 2. The number of para-hydroxylation sites is 4. The van der Waals surface area contributed by atoms with Gasteiger partial charge in [0.25, 0.3) is 0 Å². The van der Waals surface area contributed by atoms with Crippen LogP contribution in [0, 0.1) is 13.8 Å². The van der Waals surface area contributed by atoms with E-state index in [1.54, 1.807) is 0 Å². The first-order valence-corrected chi connectivity index (χ1v) is 22.2. The molecule has 0 unspecified atom stereocenters. The SMILES string of the molecule is C1=Cc2ccccc2Nc2ccccc21.CCn1c2ccccc2c2cc(NC(=O)CS)ccc21.CCn1c2ccccc2c2cc(NC(=O)NCOc3ccc(C)cc3C)ccc21. The van der Waals surface area contributed by atoms with Gasteiger partial charge in [-0.05, 0) is 111 Å². The van der Waals surface area contributed by atoms with E-state index < -0.39 is 0 Å². The van der Waals surface area contributed by atoms with Crippen molar-refractivity contribution >= 4 is 103 Å². The lowest BCUT2D eigenvalue weighted by Gasteiger charge is -2.12. The fraction of sp³-hybridized carbons (Fsp3) is 0.148. The van der Waals surface area contributed by atoms with E-state index in [0.29, 0.717) is 0 Å². The largest absolute Gasteiger partial charge is 0.473 e. The molecule has 0 bridgehead atoms. The van der Waals surface area contributed by atoms with Gasteiger partial charge in [-0.25, -0.2) is 4.79 Å². The molecule has 7 aromatic carbocycles. The molecule has 0 saturated heterocycles. The molecule has 9 nitrogen and oxygen atoms in total. The summed E-state index contributed by atoms with van der Waals surface area (Å²) >= 11 is 3.98. The van der Waals surface area contributed by atoms with Crippen LogP contribution in [0.25, 0.3) is 55.8 Å². The highest BCUT2D eigenvalue weighted by Gasteiger charge is 2.13. The Morgan fingerprint density at radius 1 is 0.578 bits per heavy atom. The average Bonchev–Trinajstić information content (AvgIpc) is 3.73. The van der Waals surface area contributed by atoms with E-state index in [1.807, 2.05) is 74.5 Å². The van der Waals surface area contributed by atoms with Crippen molar-refractivity contribution in [2.45, 2.75) is 40.8 Å². The molecule has 0 fully saturated rings. The number of urea groups is 1. The van der Waals surface area contributed by atoms with Crippen molar-refractivity contribution < 1.29 is 14.3 Å². The van der Waals surface area contributed by atoms with Gasteiger partial charge in [0.15, 0.2) is 6.73 Å².